The molecule has 0 saturated carbocycles. The van der Waals surface area contributed by atoms with Gasteiger partial charge in [0.1, 0.15) is 6.15 Å². The Kier molecular flexibility index (Phi) is 18.8. The first-order chi connectivity index (χ1) is 27.9. The Hall–Kier alpha value is -5.19. The monoisotopic (exact) mass is 892 g/mol. The van der Waals surface area contributed by atoms with Gasteiger partial charge in [0.05, 0.1) is 0 Å². The van der Waals surface area contributed by atoms with E-state index in [0.29, 0.717) is 23.2 Å². The number of hydrogen-bond donors (Lipinski definition) is 0. The van der Waals surface area contributed by atoms with E-state index in [1.165, 1.54) is 33.0 Å². The molecule has 0 aliphatic rings. The summed E-state index contributed by atoms with van der Waals surface area (Å²) in [5, 5.41) is 20.4. The molecule has 8 aromatic rings. The molecule has 2 heterocycles. The number of alkyl halides is 2. The average Bonchev–Trinajstić information content (AvgIpc) is 4.01. The maximum atomic E-state index is 12.0. The molecule has 0 aliphatic heterocycles. The minimum absolute atomic E-state index is 0. The summed E-state index contributed by atoms with van der Waals surface area (Å²) < 4.78 is 3.42. The molecule has 6 aromatic carbocycles. The molecule has 0 atom stereocenters. The Bertz CT molecular complexity index is 2060. The van der Waals surface area contributed by atoms with Gasteiger partial charge in [0.25, 0.3) is 0 Å². The molecule has 0 unspecified atom stereocenters. The van der Waals surface area contributed by atoms with Crippen LogP contribution in [0.5, 0.6) is 5.75 Å². The van der Waals surface area contributed by atoms with Crippen LogP contribution in [0.15, 0.2) is 207 Å². The van der Waals surface area contributed by atoms with Crippen LogP contribution in [0.1, 0.15) is 42.6 Å². The van der Waals surface area contributed by atoms with Crippen LogP contribution in [-0.2, 0) is 19.5 Å². The Balaban J connectivity index is 0.000000197. The number of nitrogens with zero attached hydrogens (tertiary/aromatic N) is 4. The van der Waals surface area contributed by atoms with E-state index in [-0.39, 0.29) is 31.4 Å². The number of para-hydroxylation sites is 1. The fourth-order valence-corrected chi connectivity index (χ4v) is 7.02. The third-order valence-electron chi connectivity index (χ3n) is 9.76. The van der Waals surface area contributed by atoms with Gasteiger partial charge in [-0.05, 0) is 36.1 Å². The van der Waals surface area contributed by atoms with Gasteiger partial charge in [0, 0.05) is 36.5 Å². The molecule has 5 nitrogen and oxygen atoms in total. The number of rotatable bonds is 9. The third-order valence-corrected chi connectivity index (χ3v) is 10.3. The van der Waals surface area contributed by atoms with Crippen molar-refractivity contribution in [3.8, 4) is 5.75 Å². The average molecular weight is 893 g/mol. The van der Waals surface area contributed by atoms with Crippen LogP contribution >= 0.6 is 23.2 Å². The minimum Gasteiger partial charge on any atom is -0.872 e. The molecule has 0 bridgehead atoms. The van der Waals surface area contributed by atoms with Gasteiger partial charge < -0.3 is 5.11 Å². The summed E-state index contributed by atoms with van der Waals surface area (Å²) in [4.78, 5) is 0. The second kappa shape index (κ2) is 23.9. The van der Waals surface area contributed by atoms with Crippen molar-refractivity contribution in [3.05, 3.63) is 223 Å². The van der Waals surface area contributed by atoms with Crippen LogP contribution in [-0.4, -0.2) is 37.5 Å². The van der Waals surface area contributed by atoms with Crippen LogP contribution in [0.3, 0.4) is 0 Å². The smallest absolute Gasteiger partial charge is 0.872 e. The molecule has 0 N–H and O–H groups in total. The van der Waals surface area contributed by atoms with Gasteiger partial charge in [0.15, 0.2) is 6.17 Å². The Morgan fingerprint density at radius 1 is 0.517 bits per heavy atom. The molecular weight excluding hydrogens is 843 g/mol. The van der Waals surface area contributed by atoms with Crippen molar-refractivity contribution in [2.45, 2.75) is 32.9 Å². The second-order valence-corrected chi connectivity index (χ2v) is 14.6. The number of hydrogen-bond acceptors (Lipinski definition) is 3. The minimum atomic E-state index is -1.22. The van der Waals surface area contributed by atoms with E-state index in [9.17, 15) is 5.11 Å². The largest absolute Gasteiger partial charge is 2.00 e. The molecular formula is C49H49BCl2N4ORu. The Morgan fingerprint density at radius 3 is 1.19 bits per heavy atom. The van der Waals surface area contributed by atoms with Crippen molar-refractivity contribution < 1.29 is 24.6 Å². The third kappa shape index (κ3) is 11.9. The quantitative estimate of drug-likeness (QED) is 0.108. The van der Waals surface area contributed by atoms with Crippen LogP contribution in [0.25, 0.3) is 0 Å². The predicted octanol–water partition coefficient (Wildman–Crippen LogP) is 8.89. The van der Waals surface area contributed by atoms with Gasteiger partial charge in [-0.3, -0.25) is 0 Å². The number of benzene rings is 6. The second-order valence-electron chi connectivity index (χ2n) is 13.8. The molecule has 0 amide bonds. The van der Waals surface area contributed by atoms with E-state index < -0.39 is 6.15 Å². The molecule has 0 spiro atoms. The van der Waals surface area contributed by atoms with Gasteiger partial charge in [-0.1, -0.05) is 189 Å². The number of aryl methyl sites for hydroxylation is 1. The van der Waals surface area contributed by atoms with Gasteiger partial charge in [-0.25, -0.2) is 9.36 Å². The first kappa shape index (κ1) is 45.5. The van der Waals surface area contributed by atoms with E-state index in [1.54, 1.807) is 40.0 Å². The van der Waals surface area contributed by atoms with Crippen molar-refractivity contribution in [1.82, 2.24) is 19.6 Å². The standard InChI is InChI=1S/C24H20B.C13H12N4O.C10H14.C2H4Cl2.Ru/c1-5-13-21(14-6-1)25(22-15-7-2-8-16-22,23-17-9-3-10-18-23)24-19-11-4-12-20-24;18-12-6-2-1-5-11(12)13(16-9-3-7-14-16)17-10-4-8-15-17;1-8(2)10-6-4-9(3)5-7-10;3-1-2-4;/h1-20H;1-10,13,18H;4-8H,1-3H3;1-2H2;/q-1;;;;+2/p-1. The molecule has 0 radical (unpaired) electrons. The van der Waals surface area contributed by atoms with E-state index in [1.807, 2.05) is 30.6 Å². The molecule has 296 valence electrons. The van der Waals surface area contributed by atoms with Crippen molar-refractivity contribution in [3.63, 3.8) is 0 Å². The molecule has 8 rings (SSSR count). The zero-order valence-electron chi connectivity index (χ0n) is 33.1. The van der Waals surface area contributed by atoms with Crippen molar-refractivity contribution in [2.75, 3.05) is 11.8 Å². The van der Waals surface area contributed by atoms with Crippen LogP contribution in [0, 0.1) is 6.92 Å². The SMILES string of the molecule is Cc1ccc(C(C)C)cc1.ClCCCl.[O-]c1ccccc1C(n1cccn1)n1cccn1.[Ru+2].c1ccc([B-](c2ccccc2)(c2ccccc2)c2ccccc2)cc1. The van der Waals surface area contributed by atoms with Gasteiger partial charge in [-0.2, -0.15) is 32.0 Å². The summed E-state index contributed by atoms with van der Waals surface area (Å²) in [6, 6.07) is 62.8. The molecule has 9 heteroatoms. The molecule has 0 saturated heterocycles. The summed E-state index contributed by atoms with van der Waals surface area (Å²) in [5.74, 6) is 1.75. The summed E-state index contributed by atoms with van der Waals surface area (Å²) in [6.45, 7) is 6.54. The fourth-order valence-electron chi connectivity index (χ4n) is 7.02. The van der Waals surface area contributed by atoms with E-state index in [0.717, 1.165) is 0 Å². The number of halogens is 2. The van der Waals surface area contributed by atoms with E-state index >= 15 is 0 Å². The Labute approximate surface area is 367 Å². The van der Waals surface area contributed by atoms with E-state index in [2.05, 4.69) is 177 Å². The van der Waals surface area contributed by atoms with Gasteiger partial charge in [-0.15, -0.1) is 29.0 Å². The summed E-state index contributed by atoms with van der Waals surface area (Å²) in [7, 11) is 0. The van der Waals surface area contributed by atoms with Crippen LogP contribution in [0.4, 0.5) is 0 Å². The first-order valence-corrected chi connectivity index (χ1v) is 20.3. The first-order valence-electron chi connectivity index (χ1n) is 19.2. The van der Waals surface area contributed by atoms with Crippen LogP contribution < -0.4 is 27.0 Å². The topological polar surface area (TPSA) is 58.7 Å². The summed E-state index contributed by atoms with van der Waals surface area (Å²) in [6.07, 6.45) is 5.45. The fraction of sp³-hybridized carbons (Fsp3) is 0.143. The molecule has 58 heavy (non-hydrogen) atoms. The zero-order valence-corrected chi connectivity index (χ0v) is 36.3. The van der Waals surface area contributed by atoms with Crippen molar-refractivity contribution in [1.29, 1.82) is 0 Å². The normalized spacial score (nSPS) is 10.5. The van der Waals surface area contributed by atoms with E-state index in [4.69, 9.17) is 23.2 Å². The predicted molar refractivity (Wildman–Crippen MR) is 241 cm³/mol. The van der Waals surface area contributed by atoms with Crippen LogP contribution in [0.2, 0.25) is 0 Å². The van der Waals surface area contributed by atoms with Crippen molar-refractivity contribution in [2.24, 2.45) is 0 Å². The Morgan fingerprint density at radius 2 is 0.879 bits per heavy atom. The molecule has 2 aromatic heterocycles. The van der Waals surface area contributed by atoms with Gasteiger partial charge >= 0.3 is 19.5 Å². The van der Waals surface area contributed by atoms with Crippen molar-refractivity contribution >= 4 is 51.2 Å². The summed E-state index contributed by atoms with van der Waals surface area (Å²) in [5.41, 5.74) is 8.76. The summed E-state index contributed by atoms with van der Waals surface area (Å²) >= 11 is 10.1. The number of aromatic nitrogens is 4. The van der Waals surface area contributed by atoms with Gasteiger partial charge in [0.2, 0.25) is 0 Å². The molecule has 0 aliphatic carbocycles. The maximum absolute atomic E-state index is 12.0. The zero-order chi connectivity index (χ0) is 40.3. The molecule has 0 fully saturated rings. The maximum Gasteiger partial charge on any atom is 2.00 e.